The molecule has 0 aliphatic heterocycles. The largest absolute Gasteiger partial charge is 0.480 e. The van der Waals surface area contributed by atoms with Gasteiger partial charge in [0.2, 0.25) is 5.88 Å². The Morgan fingerprint density at radius 3 is 2.63 bits per heavy atom. The van der Waals surface area contributed by atoms with Crippen molar-refractivity contribution in [1.29, 1.82) is 0 Å². The van der Waals surface area contributed by atoms with Gasteiger partial charge >= 0.3 is 0 Å². The lowest BCUT2D eigenvalue weighted by atomic mass is 10.2. The Labute approximate surface area is 109 Å². The Morgan fingerprint density at radius 1 is 1.00 bits per heavy atom. The molecule has 0 N–H and O–H groups in total. The summed E-state index contributed by atoms with van der Waals surface area (Å²) >= 11 is 0. The van der Waals surface area contributed by atoms with Gasteiger partial charge in [0.1, 0.15) is 5.82 Å². The Balaban J connectivity index is 2.25. The van der Waals surface area contributed by atoms with E-state index in [1.165, 1.54) is 12.1 Å². The molecule has 0 amide bonds. The third-order valence-corrected chi connectivity index (χ3v) is 2.84. The number of benzene rings is 2. The van der Waals surface area contributed by atoms with E-state index >= 15 is 0 Å². The fourth-order valence-corrected chi connectivity index (χ4v) is 1.96. The maximum Gasteiger partial charge on any atom is 0.224 e. The van der Waals surface area contributed by atoms with Crippen molar-refractivity contribution in [2.45, 2.75) is 0 Å². The summed E-state index contributed by atoms with van der Waals surface area (Å²) in [5.41, 5.74) is 1.40. The SMILES string of the molecule is COc1nc(-c2cccc(F)c2)nc2ccccc12. The lowest BCUT2D eigenvalue weighted by molar-refractivity contribution is 0.403. The van der Waals surface area contributed by atoms with E-state index in [1.807, 2.05) is 24.3 Å². The average molecular weight is 254 g/mol. The minimum absolute atomic E-state index is 0.312. The summed E-state index contributed by atoms with van der Waals surface area (Å²) in [6.07, 6.45) is 0. The van der Waals surface area contributed by atoms with E-state index in [-0.39, 0.29) is 5.82 Å². The second-order valence-corrected chi connectivity index (χ2v) is 4.08. The summed E-state index contributed by atoms with van der Waals surface area (Å²) < 4.78 is 18.5. The second-order valence-electron chi connectivity index (χ2n) is 4.08. The van der Waals surface area contributed by atoms with Crippen molar-refractivity contribution in [2.24, 2.45) is 0 Å². The molecule has 3 aromatic rings. The molecule has 4 heteroatoms. The lowest BCUT2D eigenvalue weighted by Crippen LogP contribution is -1.96. The average Bonchev–Trinajstić information content (AvgIpc) is 2.46. The highest BCUT2D eigenvalue weighted by Crippen LogP contribution is 2.26. The van der Waals surface area contributed by atoms with Gasteiger partial charge in [0.05, 0.1) is 18.0 Å². The van der Waals surface area contributed by atoms with Gasteiger partial charge in [-0.1, -0.05) is 24.3 Å². The highest BCUT2D eigenvalue weighted by Gasteiger charge is 2.09. The predicted octanol–water partition coefficient (Wildman–Crippen LogP) is 3.44. The number of rotatable bonds is 2. The van der Waals surface area contributed by atoms with Gasteiger partial charge in [-0.3, -0.25) is 0 Å². The Kier molecular flexibility index (Phi) is 2.83. The molecule has 3 rings (SSSR count). The standard InChI is InChI=1S/C15H11FN2O/c1-19-15-12-7-2-3-8-13(12)17-14(18-15)10-5-4-6-11(16)9-10/h2-9H,1H3. The maximum absolute atomic E-state index is 13.3. The molecule has 2 aromatic carbocycles. The third-order valence-electron chi connectivity index (χ3n) is 2.84. The molecule has 1 heterocycles. The first-order valence-electron chi connectivity index (χ1n) is 5.84. The van der Waals surface area contributed by atoms with Gasteiger partial charge in [-0.2, -0.15) is 4.98 Å². The van der Waals surface area contributed by atoms with Crippen LogP contribution in [0.15, 0.2) is 48.5 Å². The van der Waals surface area contributed by atoms with Crippen LogP contribution in [0.3, 0.4) is 0 Å². The lowest BCUT2D eigenvalue weighted by Gasteiger charge is -2.07. The van der Waals surface area contributed by atoms with Gasteiger partial charge in [-0.25, -0.2) is 9.37 Å². The normalized spacial score (nSPS) is 10.6. The van der Waals surface area contributed by atoms with Gasteiger partial charge in [0.15, 0.2) is 5.82 Å². The van der Waals surface area contributed by atoms with Crippen molar-refractivity contribution in [2.75, 3.05) is 7.11 Å². The molecule has 94 valence electrons. The number of aromatic nitrogens is 2. The number of halogens is 1. The van der Waals surface area contributed by atoms with Crippen LogP contribution in [0.5, 0.6) is 5.88 Å². The van der Waals surface area contributed by atoms with Gasteiger partial charge in [0.25, 0.3) is 0 Å². The summed E-state index contributed by atoms with van der Waals surface area (Å²) in [7, 11) is 1.56. The van der Waals surface area contributed by atoms with Crippen molar-refractivity contribution in [3.63, 3.8) is 0 Å². The third kappa shape index (κ3) is 2.12. The topological polar surface area (TPSA) is 35.0 Å². The summed E-state index contributed by atoms with van der Waals surface area (Å²) in [6.45, 7) is 0. The smallest absolute Gasteiger partial charge is 0.224 e. The number of nitrogens with zero attached hydrogens (tertiary/aromatic N) is 2. The molecule has 1 aromatic heterocycles. The van der Waals surface area contributed by atoms with Gasteiger partial charge < -0.3 is 4.74 Å². The summed E-state index contributed by atoms with van der Waals surface area (Å²) in [6, 6.07) is 13.8. The van der Waals surface area contributed by atoms with E-state index in [9.17, 15) is 4.39 Å². The molecule has 0 unspecified atom stereocenters. The number of hydrogen-bond acceptors (Lipinski definition) is 3. The van der Waals surface area contributed by atoms with Crippen molar-refractivity contribution in [3.05, 3.63) is 54.3 Å². The van der Waals surface area contributed by atoms with E-state index < -0.39 is 0 Å². The summed E-state index contributed by atoms with van der Waals surface area (Å²) in [5, 5.41) is 0.838. The van der Waals surface area contributed by atoms with Crippen LogP contribution in [0.4, 0.5) is 4.39 Å². The minimum Gasteiger partial charge on any atom is -0.480 e. The highest BCUT2D eigenvalue weighted by molar-refractivity contribution is 5.85. The molecule has 0 aliphatic carbocycles. The van der Waals surface area contributed by atoms with Crippen LogP contribution in [0.2, 0.25) is 0 Å². The molecular formula is C15H11FN2O. The van der Waals surface area contributed by atoms with E-state index in [4.69, 9.17) is 4.74 Å². The van der Waals surface area contributed by atoms with Crippen LogP contribution < -0.4 is 4.74 Å². The predicted molar refractivity (Wildman–Crippen MR) is 71.5 cm³/mol. The van der Waals surface area contributed by atoms with Crippen LogP contribution >= 0.6 is 0 Å². The molecule has 0 aliphatic rings. The fourth-order valence-electron chi connectivity index (χ4n) is 1.96. The van der Waals surface area contributed by atoms with Gasteiger partial charge in [-0.15, -0.1) is 0 Å². The maximum atomic E-state index is 13.3. The molecule has 0 radical (unpaired) electrons. The number of ether oxygens (including phenoxy) is 1. The first kappa shape index (κ1) is 11.6. The molecule has 0 bridgehead atoms. The molecule has 0 saturated heterocycles. The molecule has 0 atom stereocenters. The molecule has 0 spiro atoms. The highest BCUT2D eigenvalue weighted by atomic mass is 19.1. The zero-order valence-electron chi connectivity index (χ0n) is 10.3. The number of fused-ring (bicyclic) bond motifs is 1. The van der Waals surface area contributed by atoms with Crippen LogP contribution in [-0.4, -0.2) is 17.1 Å². The van der Waals surface area contributed by atoms with Crippen molar-refractivity contribution in [3.8, 4) is 17.3 Å². The quantitative estimate of drug-likeness (QED) is 0.702. The molecular weight excluding hydrogens is 243 g/mol. The van der Waals surface area contributed by atoms with Crippen molar-refractivity contribution >= 4 is 10.9 Å². The van der Waals surface area contributed by atoms with E-state index in [2.05, 4.69) is 9.97 Å². The Hall–Kier alpha value is -2.49. The molecule has 0 fully saturated rings. The fraction of sp³-hybridized carbons (Fsp3) is 0.0667. The number of para-hydroxylation sites is 1. The first-order chi connectivity index (χ1) is 9.28. The van der Waals surface area contributed by atoms with E-state index in [1.54, 1.807) is 19.2 Å². The van der Waals surface area contributed by atoms with Crippen LogP contribution in [-0.2, 0) is 0 Å². The van der Waals surface area contributed by atoms with Crippen LogP contribution in [0.25, 0.3) is 22.3 Å². The summed E-state index contributed by atoms with van der Waals surface area (Å²) in [4.78, 5) is 8.77. The Morgan fingerprint density at radius 2 is 1.84 bits per heavy atom. The van der Waals surface area contributed by atoms with E-state index in [0.29, 0.717) is 17.3 Å². The zero-order valence-corrected chi connectivity index (χ0v) is 10.3. The van der Waals surface area contributed by atoms with Crippen LogP contribution in [0.1, 0.15) is 0 Å². The van der Waals surface area contributed by atoms with E-state index in [0.717, 1.165) is 10.9 Å². The second kappa shape index (κ2) is 4.65. The van der Waals surface area contributed by atoms with Crippen LogP contribution in [0, 0.1) is 5.82 Å². The minimum atomic E-state index is -0.312. The molecule has 19 heavy (non-hydrogen) atoms. The number of methoxy groups -OCH3 is 1. The summed E-state index contributed by atoms with van der Waals surface area (Å²) in [5.74, 6) is 0.633. The van der Waals surface area contributed by atoms with Gasteiger partial charge in [0, 0.05) is 5.56 Å². The van der Waals surface area contributed by atoms with Gasteiger partial charge in [-0.05, 0) is 24.3 Å². The number of hydrogen-bond donors (Lipinski definition) is 0. The molecule has 0 saturated carbocycles. The van der Waals surface area contributed by atoms with Crippen molar-refractivity contribution < 1.29 is 9.13 Å². The monoisotopic (exact) mass is 254 g/mol. The van der Waals surface area contributed by atoms with Crippen molar-refractivity contribution in [1.82, 2.24) is 9.97 Å². The Bertz CT molecular complexity index is 743. The first-order valence-corrected chi connectivity index (χ1v) is 5.84. The zero-order chi connectivity index (χ0) is 13.2. The molecule has 3 nitrogen and oxygen atoms in total.